The molecule has 0 unspecified atom stereocenters. The molecule has 4 saturated heterocycles. The molecule has 3 atom stereocenters. The number of ketones is 1. The van der Waals surface area contributed by atoms with Crippen LogP contribution in [0.1, 0.15) is 107 Å². The average Bonchev–Trinajstić information content (AvgIpc) is 4.23. The van der Waals surface area contributed by atoms with Crippen molar-refractivity contribution in [2.75, 3.05) is 85.6 Å². The molecule has 1 aliphatic carbocycles. The van der Waals surface area contributed by atoms with E-state index in [9.17, 15) is 19.2 Å². The fourth-order valence-corrected chi connectivity index (χ4v) is 13.9. The van der Waals surface area contributed by atoms with Crippen LogP contribution in [0.25, 0.3) is 11.3 Å². The van der Waals surface area contributed by atoms with Gasteiger partial charge in [0, 0.05) is 97.2 Å². The van der Waals surface area contributed by atoms with E-state index >= 15 is 0 Å². The summed E-state index contributed by atoms with van der Waals surface area (Å²) >= 11 is 3.15. The lowest BCUT2D eigenvalue weighted by atomic mass is 9.73. The number of ether oxygens (including phenoxy) is 1. The second-order valence-corrected chi connectivity index (χ2v) is 23.1. The molecule has 1 spiro atoms. The number of carbonyl (C=O) groups excluding carboxylic acids is 4. The van der Waals surface area contributed by atoms with Crippen molar-refractivity contribution < 1.29 is 23.9 Å². The van der Waals surface area contributed by atoms with Gasteiger partial charge in [-0.3, -0.25) is 24.1 Å². The van der Waals surface area contributed by atoms with Crippen molar-refractivity contribution in [2.24, 2.45) is 11.3 Å². The zero-order valence-corrected chi connectivity index (χ0v) is 44.1. The Morgan fingerprint density at radius 2 is 1.45 bits per heavy atom. The Bertz CT molecular complexity index is 2670. The minimum Gasteiger partial charge on any atom is -0.492 e. The van der Waals surface area contributed by atoms with Gasteiger partial charge < -0.3 is 35.4 Å². The van der Waals surface area contributed by atoms with Crippen molar-refractivity contribution in [1.29, 1.82) is 0 Å². The minimum absolute atomic E-state index is 0.0367. The lowest BCUT2D eigenvalue weighted by molar-refractivity contribution is -0.139. The highest BCUT2D eigenvalue weighted by Gasteiger charge is 2.51. The highest BCUT2D eigenvalue weighted by atomic mass is 32.1. The number of aromatic nitrogens is 2. The van der Waals surface area contributed by atoms with Crippen molar-refractivity contribution in [3.63, 3.8) is 0 Å². The van der Waals surface area contributed by atoms with E-state index in [0.29, 0.717) is 47.7 Å². The van der Waals surface area contributed by atoms with E-state index in [2.05, 4.69) is 60.3 Å². The van der Waals surface area contributed by atoms with Crippen LogP contribution in [-0.2, 0) is 15.0 Å². The van der Waals surface area contributed by atoms with Crippen LogP contribution in [0.2, 0.25) is 0 Å². The summed E-state index contributed by atoms with van der Waals surface area (Å²) in [5.74, 6) is 0.379. The number of amides is 3. The smallest absolute Gasteiger partial charge is 0.251 e. The summed E-state index contributed by atoms with van der Waals surface area (Å²) < 4.78 is 6.22. The molecule has 14 nitrogen and oxygen atoms in total. The lowest BCUT2D eigenvalue weighted by Gasteiger charge is -2.60. The Morgan fingerprint density at radius 1 is 0.753 bits per heavy atom. The van der Waals surface area contributed by atoms with Gasteiger partial charge in [-0.05, 0) is 95.8 Å². The number of rotatable bonds is 20. The number of hydrogen-bond donors (Lipinski definition) is 3. The van der Waals surface area contributed by atoms with Crippen LogP contribution < -0.4 is 20.7 Å². The Morgan fingerprint density at radius 3 is 2.19 bits per heavy atom. The Balaban J connectivity index is 0.659. The molecule has 6 heterocycles. The monoisotopic (exact) mass is 1030 g/mol. The quantitative estimate of drug-likeness (QED) is 0.0675. The van der Waals surface area contributed by atoms with Crippen LogP contribution in [0.4, 0.5) is 0 Å². The zero-order valence-electron chi connectivity index (χ0n) is 42.4. The lowest BCUT2D eigenvalue weighted by Crippen LogP contribution is -2.72. The summed E-state index contributed by atoms with van der Waals surface area (Å²) in [6.07, 6.45) is 8.67. The first-order valence-corrected chi connectivity index (χ1v) is 28.4. The van der Waals surface area contributed by atoms with Crippen molar-refractivity contribution >= 4 is 46.2 Å². The molecular formula is C57H71N9O5S2. The predicted octanol–water partition coefficient (Wildman–Crippen LogP) is 7.29. The van der Waals surface area contributed by atoms with Gasteiger partial charge in [0.15, 0.2) is 0 Å². The Hall–Kier alpha value is -5.36. The normalized spacial score (nSPS) is 21.0. The van der Waals surface area contributed by atoms with Gasteiger partial charge in [-0.25, -0.2) is 9.97 Å². The highest BCUT2D eigenvalue weighted by Crippen LogP contribution is 2.42. The average molecular weight is 1030 g/mol. The van der Waals surface area contributed by atoms with Gasteiger partial charge in [-0.1, -0.05) is 79.9 Å². The van der Waals surface area contributed by atoms with Gasteiger partial charge in [-0.15, -0.1) is 22.7 Å². The maximum Gasteiger partial charge on any atom is 0.251 e. The number of thiazole rings is 2. The third kappa shape index (κ3) is 11.8. The summed E-state index contributed by atoms with van der Waals surface area (Å²) in [4.78, 5) is 73.9. The van der Waals surface area contributed by atoms with Crippen LogP contribution in [0.15, 0.2) is 95.7 Å². The second kappa shape index (κ2) is 23.0. The predicted molar refractivity (Wildman–Crippen MR) is 287 cm³/mol. The number of benzene rings is 3. The number of likely N-dealkylation sites (tertiary alicyclic amines) is 4. The minimum atomic E-state index is -0.565. The Kier molecular flexibility index (Phi) is 16.1. The molecule has 5 aromatic rings. The van der Waals surface area contributed by atoms with Gasteiger partial charge in [0.2, 0.25) is 17.6 Å². The van der Waals surface area contributed by atoms with Crippen molar-refractivity contribution in [3.8, 4) is 17.0 Å². The van der Waals surface area contributed by atoms with E-state index in [0.717, 1.165) is 138 Å². The molecule has 3 amide bonds. The molecule has 73 heavy (non-hydrogen) atoms. The molecule has 3 N–H and O–H groups in total. The number of piperidine rings is 1. The number of nitrogens with one attached hydrogen (secondary N) is 3. The van der Waals surface area contributed by atoms with Gasteiger partial charge in [0.25, 0.3) is 5.91 Å². The van der Waals surface area contributed by atoms with Gasteiger partial charge in [-0.2, -0.15) is 0 Å². The molecule has 5 fully saturated rings. The molecule has 4 aliphatic heterocycles. The standard InChI is InChI=1S/C57H71N9O5S2/c1-40(58-2)51(68)62-49(42-16-8-4-9-17-42)54(70)66-25-13-22-48(66)53-60-47(34-72-53)50(67)44-20-12-21-45(32-44)71-31-30-65-38-56(39-65)36-64(37-56)29-28-63-26-23-57(24-27-63,35-59-52(69)43-18-10-5-11-19-43)55-61-46(33-73-55)41-14-6-3-7-15-41/h3,5-7,10-12,14-15,18-21,32-34,40,42,48-49,58H,4,8-9,13,16-17,22-31,35-39H2,1-2H3,(H,59,69)(H,62,68)/t40-,48-,49-/m0/s1. The fraction of sp³-hybridized carbons (Fsp3) is 0.509. The number of hydrogen-bond acceptors (Lipinski definition) is 13. The third-order valence-corrected chi connectivity index (χ3v) is 18.3. The molecule has 0 bridgehead atoms. The number of likely N-dealkylation sites (N-methyl/N-ethyl adjacent to an activating group) is 1. The number of nitrogens with zero attached hydrogens (tertiary/aromatic N) is 6. The molecular weight excluding hydrogens is 955 g/mol. The van der Waals surface area contributed by atoms with E-state index in [1.165, 1.54) is 11.3 Å². The van der Waals surface area contributed by atoms with Crippen molar-refractivity contribution in [2.45, 2.75) is 88.3 Å². The maximum atomic E-state index is 14.3. The van der Waals surface area contributed by atoms with E-state index in [-0.39, 0.29) is 40.9 Å². The summed E-state index contributed by atoms with van der Waals surface area (Å²) in [5.41, 5.74) is 3.86. The van der Waals surface area contributed by atoms with E-state index in [1.54, 1.807) is 18.4 Å². The zero-order chi connectivity index (χ0) is 50.4. The van der Waals surface area contributed by atoms with E-state index < -0.39 is 12.1 Å². The molecule has 0 radical (unpaired) electrons. The SMILES string of the molecule is CN[C@@H](C)C(=O)N[C@H](C(=O)N1CCC[C@H]1c1nc(C(=O)c2cccc(OCCN3CC4(C3)CN(CCN3CCC(CNC(=O)c5ccccc5)(c5nc(-c6ccccc6)cs5)CC3)C4)c2)cs1)C1CCCCC1. The van der Waals surface area contributed by atoms with Gasteiger partial charge >= 0.3 is 0 Å². The molecule has 3 aromatic carbocycles. The molecule has 16 heteroatoms. The largest absolute Gasteiger partial charge is 0.492 e. The molecule has 2 aromatic heterocycles. The van der Waals surface area contributed by atoms with E-state index in [4.69, 9.17) is 14.7 Å². The fourth-order valence-electron chi connectivity index (χ4n) is 11.9. The summed E-state index contributed by atoms with van der Waals surface area (Å²) in [6.45, 7) is 12.8. The van der Waals surface area contributed by atoms with Gasteiger partial charge in [0.05, 0.1) is 17.8 Å². The van der Waals surface area contributed by atoms with Crippen LogP contribution in [0.5, 0.6) is 5.75 Å². The van der Waals surface area contributed by atoms with Crippen LogP contribution >= 0.6 is 22.7 Å². The first-order valence-electron chi connectivity index (χ1n) is 26.6. The molecule has 10 rings (SSSR count). The van der Waals surface area contributed by atoms with Crippen LogP contribution in [-0.4, -0.2) is 151 Å². The topological polar surface area (TPSA) is 152 Å². The summed E-state index contributed by atoms with van der Waals surface area (Å²) in [7, 11) is 1.75. The molecule has 5 aliphatic rings. The van der Waals surface area contributed by atoms with Crippen molar-refractivity contribution in [1.82, 2.24) is 45.5 Å². The first kappa shape index (κ1) is 51.1. The second-order valence-electron chi connectivity index (χ2n) is 21.4. The van der Waals surface area contributed by atoms with Gasteiger partial charge in [0.1, 0.15) is 34.1 Å². The van der Waals surface area contributed by atoms with E-state index in [1.807, 2.05) is 77.9 Å². The first-order chi connectivity index (χ1) is 35.6. The Labute approximate surface area is 438 Å². The van der Waals surface area contributed by atoms with Crippen LogP contribution in [0, 0.1) is 11.3 Å². The summed E-state index contributed by atoms with van der Waals surface area (Å²) in [5, 5.41) is 15.2. The molecule has 386 valence electrons. The third-order valence-electron chi connectivity index (χ3n) is 16.3. The van der Waals surface area contributed by atoms with Crippen molar-refractivity contribution in [3.05, 3.63) is 123 Å². The summed E-state index contributed by atoms with van der Waals surface area (Å²) in [6, 6.07) is 26.0. The van der Waals surface area contributed by atoms with Crippen LogP contribution in [0.3, 0.4) is 0 Å². The highest BCUT2D eigenvalue weighted by molar-refractivity contribution is 7.10. The maximum absolute atomic E-state index is 14.3. The number of carbonyl (C=O) groups is 4. The molecule has 1 saturated carbocycles.